The van der Waals surface area contributed by atoms with Crippen molar-refractivity contribution in [2.24, 2.45) is 5.73 Å². The summed E-state index contributed by atoms with van der Waals surface area (Å²) in [7, 11) is -4.02. The predicted molar refractivity (Wildman–Crippen MR) is 85.6 cm³/mol. The highest BCUT2D eigenvalue weighted by Crippen LogP contribution is 2.37. The molecule has 0 aliphatic rings. The summed E-state index contributed by atoms with van der Waals surface area (Å²) in [5.74, 6) is -0.479. The number of alkyl halides is 2. The van der Waals surface area contributed by atoms with E-state index in [2.05, 4.69) is 37.2 Å². The van der Waals surface area contributed by atoms with Crippen LogP contribution in [0.1, 0.15) is 23.7 Å². The number of nitrogens with one attached hydrogen (secondary N) is 1. The summed E-state index contributed by atoms with van der Waals surface area (Å²) in [5.41, 5.74) is 5.76. The maximum atomic E-state index is 12.3. The minimum absolute atomic E-state index is 0.147. The van der Waals surface area contributed by atoms with Gasteiger partial charge in [-0.1, -0.05) is 13.0 Å². The van der Waals surface area contributed by atoms with Gasteiger partial charge in [-0.25, -0.2) is 8.42 Å². The van der Waals surface area contributed by atoms with Crippen molar-refractivity contribution in [2.45, 2.75) is 27.0 Å². The molecule has 1 amide bonds. The quantitative estimate of drug-likeness (QED) is 0.537. The van der Waals surface area contributed by atoms with Gasteiger partial charge in [0.1, 0.15) is 6.07 Å². The highest BCUT2D eigenvalue weighted by atomic mass is 79.9. The fourth-order valence-corrected chi connectivity index (χ4v) is 3.44. The molecule has 0 bridgehead atoms. The second-order valence-electron chi connectivity index (χ2n) is 4.15. The summed E-state index contributed by atoms with van der Waals surface area (Å²) in [6.45, 7) is 1.81. The maximum absolute atomic E-state index is 12.3. The standard InChI is InChI=1S/C12H13Br2N3O3S/c1-2-10(16)17-11(18)8-4-3-5-9(6-8)21(19,20)12(13,14)7-15/h3-6,10H,2,16H2,1H3,(H,17,18). The zero-order valence-electron chi connectivity index (χ0n) is 11.0. The Kier molecular flexibility index (Phi) is 5.92. The molecule has 1 atom stereocenters. The Morgan fingerprint density at radius 3 is 2.67 bits per heavy atom. The highest BCUT2D eigenvalue weighted by molar-refractivity contribution is 9.28. The number of nitriles is 1. The molecule has 9 heteroatoms. The first-order valence-corrected chi connectivity index (χ1v) is 8.93. The molecule has 0 aliphatic carbocycles. The molecule has 0 aliphatic heterocycles. The molecule has 0 aromatic heterocycles. The Labute approximate surface area is 139 Å². The van der Waals surface area contributed by atoms with E-state index < -0.39 is 24.5 Å². The minimum atomic E-state index is -4.02. The molecule has 0 heterocycles. The Hall–Kier alpha value is -0.950. The third-order valence-corrected chi connectivity index (χ3v) is 7.18. The first-order valence-electron chi connectivity index (χ1n) is 5.86. The normalized spacial score (nSPS) is 13.3. The lowest BCUT2D eigenvalue weighted by atomic mass is 10.2. The van der Waals surface area contributed by atoms with Crippen molar-refractivity contribution in [3.63, 3.8) is 0 Å². The van der Waals surface area contributed by atoms with Gasteiger partial charge in [0.2, 0.25) is 9.84 Å². The van der Waals surface area contributed by atoms with Gasteiger partial charge in [-0.3, -0.25) is 4.79 Å². The van der Waals surface area contributed by atoms with Crippen LogP contribution in [0.15, 0.2) is 29.2 Å². The van der Waals surface area contributed by atoms with Crippen LogP contribution in [-0.4, -0.2) is 23.1 Å². The Balaban J connectivity index is 3.19. The van der Waals surface area contributed by atoms with Gasteiger partial charge in [-0.05, 0) is 56.5 Å². The molecule has 21 heavy (non-hydrogen) atoms. The molecular weight excluding hydrogens is 426 g/mol. The van der Waals surface area contributed by atoms with E-state index in [1.807, 2.05) is 6.92 Å². The first kappa shape index (κ1) is 18.1. The summed E-state index contributed by atoms with van der Waals surface area (Å²) < 4.78 is 22.6. The SMILES string of the molecule is CCC(N)NC(=O)c1cccc(S(=O)(=O)C(Br)(Br)C#N)c1. The van der Waals surface area contributed by atoms with Crippen LogP contribution in [0, 0.1) is 11.3 Å². The van der Waals surface area contributed by atoms with Crippen LogP contribution in [0.25, 0.3) is 0 Å². The van der Waals surface area contributed by atoms with Gasteiger partial charge in [0.25, 0.3) is 8.47 Å². The average molecular weight is 439 g/mol. The molecule has 114 valence electrons. The van der Waals surface area contributed by atoms with Gasteiger partial charge in [0, 0.05) is 5.56 Å². The highest BCUT2D eigenvalue weighted by Gasteiger charge is 2.40. The monoisotopic (exact) mass is 437 g/mol. The fraction of sp³-hybridized carbons (Fsp3) is 0.333. The number of hydrogen-bond acceptors (Lipinski definition) is 5. The summed E-state index contributed by atoms with van der Waals surface area (Å²) in [6, 6.07) is 6.99. The lowest BCUT2D eigenvalue weighted by molar-refractivity contribution is 0.0937. The molecule has 0 saturated heterocycles. The van der Waals surface area contributed by atoms with Crippen LogP contribution in [0.4, 0.5) is 0 Å². The number of carbonyl (C=O) groups is 1. The van der Waals surface area contributed by atoms with Gasteiger partial charge in [-0.15, -0.1) is 0 Å². The molecular formula is C12H13Br2N3O3S. The number of carbonyl (C=O) groups excluding carboxylic acids is 1. The molecule has 6 nitrogen and oxygen atoms in total. The number of rotatable bonds is 5. The first-order chi connectivity index (χ1) is 9.65. The van der Waals surface area contributed by atoms with Crippen LogP contribution in [0.2, 0.25) is 0 Å². The van der Waals surface area contributed by atoms with Gasteiger partial charge in [-0.2, -0.15) is 5.26 Å². The van der Waals surface area contributed by atoms with E-state index in [-0.39, 0.29) is 10.5 Å². The Bertz CT molecular complexity index is 683. The van der Waals surface area contributed by atoms with Crippen molar-refractivity contribution in [1.29, 1.82) is 5.26 Å². The van der Waals surface area contributed by atoms with E-state index in [1.54, 1.807) is 6.07 Å². The summed E-state index contributed by atoms with van der Waals surface area (Å²) in [6.07, 6.45) is 0.0349. The third kappa shape index (κ3) is 4.03. The van der Waals surface area contributed by atoms with Crippen LogP contribution >= 0.6 is 31.9 Å². The third-order valence-electron chi connectivity index (χ3n) is 2.63. The van der Waals surface area contributed by atoms with Gasteiger partial charge >= 0.3 is 0 Å². The van der Waals surface area contributed by atoms with E-state index in [0.29, 0.717) is 6.42 Å². The number of sulfone groups is 1. The largest absolute Gasteiger partial charge is 0.337 e. The average Bonchev–Trinajstić information content (AvgIpc) is 2.46. The molecule has 0 radical (unpaired) electrons. The van der Waals surface area contributed by atoms with Crippen LogP contribution in [0.5, 0.6) is 0 Å². The predicted octanol–water partition coefficient (Wildman–Crippen LogP) is 1.85. The van der Waals surface area contributed by atoms with E-state index in [0.717, 1.165) is 0 Å². The van der Waals surface area contributed by atoms with Crippen LogP contribution in [-0.2, 0) is 9.84 Å². The zero-order chi connectivity index (χ0) is 16.3. The number of amides is 1. The molecule has 0 saturated carbocycles. The van der Waals surface area contributed by atoms with E-state index >= 15 is 0 Å². The molecule has 0 spiro atoms. The van der Waals surface area contributed by atoms with Crippen LogP contribution < -0.4 is 11.1 Å². The lowest BCUT2D eigenvalue weighted by Crippen LogP contribution is -2.40. The Morgan fingerprint density at radius 2 is 2.14 bits per heavy atom. The smallest absolute Gasteiger partial charge is 0.270 e. The van der Waals surface area contributed by atoms with Crippen molar-refractivity contribution in [3.8, 4) is 6.07 Å². The number of benzene rings is 1. The van der Waals surface area contributed by atoms with E-state index in [9.17, 15) is 13.2 Å². The number of halogens is 2. The maximum Gasteiger partial charge on any atom is 0.270 e. The molecule has 0 fully saturated rings. The number of nitrogens with two attached hydrogens (primary N) is 1. The topological polar surface area (TPSA) is 113 Å². The molecule has 1 rings (SSSR count). The lowest BCUT2D eigenvalue weighted by Gasteiger charge is -2.14. The van der Waals surface area contributed by atoms with Crippen molar-refractivity contribution < 1.29 is 13.2 Å². The molecule has 3 N–H and O–H groups in total. The summed E-state index contributed by atoms with van der Waals surface area (Å²) in [5, 5.41) is 11.4. The van der Waals surface area contributed by atoms with Gasteiger partial charge in [0.05, 0.1) is 11.1 Å². The van der Waals surface area contributed by atoms with Crippen LogP contribution in [0.3, 0.4) is 0 Å². The summed E-state index contributed by atoms with van der Waals surface area (Å²) >= 11 is 5.60. The molecule has 1 aromatic rings. The second-order valence-corrected chi connectivity index (χ2v) is 10.7. The van der Waals surface area contributed by atoms with Gasteiger partial charge < -0.3 is 11.1 Å². The number of nitrogens with zero attached hydrogens (tertiary/aromatic N) is 1. The van der Waals surface area contributed by atoms with E-state index in [4.69, 9.17) is 11.0 Å². The summed E-state index contributed by atoms with van der Waals surface area (Å²) in [4.78, 5) is 11.8. The minimum Gasteiger partial charge on any atom is -0.337 e. The van der Waals surface area contributed by atoms with Crippen molar-refractivity contribution in [1.82, 2.24) is 5.32 Å². The zero-order valence-corrected chi connectivity index (χ0v) is 15.0. The van der Waals surface area contributed by atoms with E-state index in [1.165, 1.54) is 24.3 Å². The Morgan fingerprint density at radius 1 is 1.52 bits per heavy atom. The van der Waals surface area contributed by atoms with Gasteiger partial charge in [0.15, 0.2) is 0 Å². The fourth-order valence-electron chi connectivity index (χ4n) is 1.37. The van der Waals surface area contributed by atoms with Crippen molar-refractivity contribution >= 4 is 47.6 Å². The number of hydrogen-bond donors (Lipinski definition) is 2. The van der Waals surface area contributed by atoms with Crippen molar-refractivity contribution in [3.05, 3.63) is 29.8 Å². The molecule has 1 aromatic carbocycles. The van der Waals surface area contributed by atoms with Crippen molar-refractivity contribution in [2.75, 3.05) is 0 Å². The molecule has 1 unspecified atom stereocenters. The second kappa shape index (κ2) is 6.87.